The first-order chi connectivity index (χ1) is 8.75. The van der Waals surface area contributed by atoms with Gasteiger partial charge in [0.05, 0.1) is 6.54 Å². The molecule has 0 aromatic heterocycles. The number of hydrogen-bond donors (Lipinski definition) is 1. The van der Waals surface area contributed by atoms with E-state index < -0.39 is 0 Å². The molecule has 0 saturated carbocycles. The van der Waals surface area contributed by atoms with Crippen molar-refractivity contribution in [3.63, 3.8) is 0 Å². The van der Waals surface area contributed by atoms with Crippen molar-refractivity contribution in [2.75, 3.05) is 13.1 Å². The standard InChI is InChI=1S/C14H20FN3.HI/c15-13-7-5-6-12(10-13)11-17-14(16)18-8-3-1-2-4-9-18;/h5-7,10H,1-4,8-9,11H2,(H2,16,17);1H. The summed E-state index contributed by atoms with van der Waals surface area (Å²) in [5.41, 5.74) is 6.84. The third kappa shape index (κ3) is 5.34. The molecule has 1 saturated heterocycles. The van der Waals surface area contributed by atoms with Crippen molar-refractivity contribution in [3.8, 4) is 0 Å². The lowest BCUT2D eigenvalue weighted by Crippen LogP contribution is -2.38. The maximum atomic E-state index is 13.0. The zero-order valence-electron chi connectivity index (χ0n) is 11.0. The lowest BCUT2D eigenvalue weighted by molar-refractivity contribution is 0.428. The van der Waals surface area contributed by atoms with Crippen molar-refractivity contribution in [1.82, 2.24) is 4.90 Å². The molecule has 0 amide bonds. The summed E-state index contributed by atoms with van der Waals surface area (Å²) >= 11 is 0. The summed E-state index contributed by atoms with van der Waals surface area (Å²) < 4.78 is 13.0. The van der Waals surface area contributed by atoms with Crippen LogP contribution in [0.5, 0.6) is 0 Å². The summed E-state index contributed by atoms with van der Waals surface area (Å²) in [4.78, 5) is 6.49. The number of halogens is 2. The highest BCUT2D eigenvalue weighted by molar-refractivity contribution is 14.0. The molecular weight excluding hydrogens is 356 g/mol. The molecular formula is C14H21FIN3. The first kappa shape index (κ1) is 16.2. The van der Waals surface area contributed by atoms with Gasteiger partial charge in [0, 0.05) is 13.1 Å². The Kier molecular flexibility index (Phi) is 7.12. The van der Waals surface area contributed by atoms with E-state index in [1.165, 1.54) is 37.8 Å². The van der Waals surface area contributed by atoms with Gasteiger partial charge in [-0.2, -0.15) is 0 Å². The van der Waals surface area contributed by atoms with Gasteiger partial charge in [0.25, 0.3) is 0 Å². The molecule has 1 aliphatic heterocycles. The second kappa shape index (κ2) is 8.35. The predicted octanol–water partition coefficient (Wildman–Crippen LogP) is 3.13. The molecule has 0 spiro atoms. The maximum Gasteiger partial charge on any atom is 0.191 e. The van der Waals surface area contributed by atoms with Crippen molar-refractivity contribution in [2.45, 2.75) is 32.2 Å². The fourth-order valence-corrected chi connectivity index (χ4v) is 2.21. The predicted molar refractivity (Wildman–Crippen MR) is 87.2 cm³/mol. The molecule has 2 N–H and O–H groups in total. The highest BCUT2D eigenvalue weighted by atomic mass is 127. The Balaban J connectivity index is 0.00000180. The van der Waals surface area contributed by atoms with E-state index in [1.807, 2.05) is 6.07 Å². The topological polar surface area (TPSA) is 41.6 Å². The van der Waals surface area contributed by atoms with Crippen LogP contribution in [0.25, 0.3) is 0 Å². The van der Waals surface area contributed by atoms with Crippen molar-refractivity contribution in [2.24, 2.45) is 10.7 Å². The van der Waals surface area contributed by atoms with Gasteiger partial charge in [-0.3, -0.25) is 0 Å². The molecule has 1 heterocycles. The molecule has 1 aromatic carbocycles. The highest BCUT2D eigenvalue weighted by Gasteiger charge is 2.10. The summed E-state index contributed by atoms with van der Waals surface area (Å²) in [6.45, 7) is 2.41. The van der Waals surface area contributed by atoms with E-state index in [2.05, 4.69) is 9.89 Å². The Morgan fingerprint density at radius 1 is 1.21 bits per heavy atom. The van der Waals surface area contributed by atoms with E-state index in [0.29, 0.717) is 12.5 Å². The monoisotopic (exact) mass is 377 g/mol. The average molecular weight is 377 g/mol. The van der Waals surface area contributed by atoms with Crippen LogP contribution in [0, 0.1) is 5.82 Å². The van der Waals surface area contributed by atoms with Crippen LogP contribution in [0.3, 0.4) is 0 Å². The summed E-state index contributed by atoms with van der Waals surface area (Å²) in [5, 5.41) is 0. The molecule has 0 radical (unpaired) electrons. The van der Waals surface area contributed by atoms with Crippen molar-refractivity contribution >= 4 is 29.9 Å². The third-order valence-corrected chi connectivity index (χ3v) is 3.24. The number of guanidine groups is 1. The summed E-state index contributed by atoms with van der Waals surface area (Å²) in [6, 6.07) is 6.50. The van der Waals surface area contributed by atoms with Gasteiger partial charge in [0.2, 0.25) is 0 Å². The first-order valence-electron chi connectivity index (χ1n) is 6.55. The van der Waals surface area contributed by atoms with Gasteiger partial charge in [0.1, 0.15) is 5.82 Å². The number of likely N-dealkylation sites (tertiary alicyclic amines) is 1. The lowest BCUT2D eigenvalue weighted by Gasteiger charge is -2.21. The van der Waals surface area contributed by atoms with Crippen LogP contribution in [-0.4, -0.2) is 23.9 Å². The van der Waals surface area contributed by atoms with E-state index in [-0.39, 0.29) is 29.8 Å². The molecule has 3 nitrogen and oxygen atoms in total. The third-order valence-electron chi connectivity index (χ3n) is 3.24. The normalized spacial score (nSPS) is 16.7. The van der Waals surface area contributed by atoms with Crippen LogP contribution in [0.15, 0.2) is 29.3 Å². The van der Waals surface area contributed by atoms with Crippen molar-refractivity contribution in [3.05, 3.63) is 35.6 Å². The quantitative estimate of drug-likeness (QED) is 0.489. The molecule has 1 aromatic rings. The summed E-state index contributed by atoms with van der Waals surface area (Å²) in [5.74, 6) is 0.359. The number of rotatable bonds is 2. The first-order valence-corrected chi connectivity index (χ1v) is 6.55. The minimum atomic E-state index is -0.226. The minimum absolute atomic E-state index is 0. The fourth-order valence-electron chi connectivity index (χ4n) is 2.21. The van der Waals surface area contributed by atoms with Crippen LogP contribution in [0.2, 0.25) is 0 Å². The van der Waals surface area contributed by atoms with Gasteiger partial charge in [-0.1, -0.05) is 25.0 Å². The fraction of sp³-hybridized carbons (Fsp3) is 0.500. The second-order valence-electron chi connectivity index (χ2n) is 4.71. The largest absolute Gasteiger partial charge is 0.370 e. The van der Waals surface area contributed by atoms with Gasteiger partial charge in [-0.05, 0) is 30.5 Å². The minimum Gasteiger partial charge on any atom is -0.370 e. The molecule has 0 unspecified atom stereocenters. The molecule has 1 fully saturated rings. The van der Waals surface area contributed by atoms with Gasteiger partial charge in [0.15, 0.2) is 5.96 Å². The number of nitrogens with zero attached hydrogens (tertiary/aromatic N) is 2. The Morgan fingerprint density at radius 2 is 1.89 bits per heavy atom. The zero-order chi connectivity index (χ0) is 12.8. The summed E-state index contributed by atoms with van der Waals surface area (Å²) in [7, 11) is 0. The van der Waals surface area contributed by atoms with Crippen LogP contribution in [-0.2, 0) is 6.54 Å². The van der Waals surface area contributed by atoms with E-state index in [4.69, 9.17) is 5.73 Å². The van der Waals surface area contributed by atoms with E-state index in [9.17, 15) is 4.39 Å². The van der Waals surface area contributed by atoms with Crippen molar-refractivity contribution < 1.29 is 4.39 Å². The van der Waals surface area contributed by atoms with E-state index in [1.54, 1.807) is 6.07 Å². The average Bonchev–Trinajstić information content (AvgIpc) is 2.65. The Hall–Kier alpha value is -0.850. The van der Waals surface area contributed by atoms with Crippen LogP contribution in [0.1, 0.15) is 31.2 Å². The van der Waals surface area contributed by atoms with Crippen LogP contribution in [0.4, 0.5) is 4.39 Å². The van der Waals surface area contributed by atoms with E-state index in [0.717, 1.165) is 18.7 Å². The number of hydrogen-bond acceptors (Lipinski definition) is 1. The second-order valence-corrected chi connectivity index (χ2v) is 4.71. The highest BCUT2D eigenvalue weighted by Crippen LogP contribution is 2.10. The molecule has 2 rings (SSSR count). The molecule has 0 atom stereocenters. The van der Waals surface area contributed by atoms with Crippen molar-refractivity contribution in [1.29, 1.82) is 0 Å². The molecule has 0 bridgehead atoms. The Morgan fingerprint density at radius 3 is 2.53 bits per heavy atom. The molecule has 0 aliphatic carbocycles. The zero-order valence-corrected chi connectivity index (χ0v) is 13.3. The van der Waals surface area contributed by atoms with Crippen LogP contribution >= 0.6 is 24.0 Å². The molecule has 1 aliphatic rings. The molecule has 5 heteroatoms. The van der Waals surface area contributed by atoms with Gasteiger partial charge < -0.3 is 10.6 Å². The molecule has 19 heavy (non-hydrogen) atoms. The van der Waals surface area contributed by atoms with Gasteiger partial charge in [-0.25, -0.2) is 9.38 Å². The van der Waals surface area contributed by atoms with Crippen LogP contribution < -0.4 is 5.73 Å². The van der Waals surface area contributed by atoms with Gasteiger partial charge >= 0.3 is 0 Å². The number of benzene rings is 1. The van der Waals surface area contributed by atoms with Gasteiger partial charge in [-0.15, -0.1) is 24.0 Å². The Bertz CT molecular complexity index is 415. The SMILES string of the molecule is I.NC(=NCc1cccc(F)c1)N1CCCCCC1. The molecule has 106 valence electrons. The number of nitrogens with two attached hydrogens (primary N) is 1. The summed E-state index contributed by atoms with van der Waals surface area (Å²) in [6.07, 6.45) is 4.90. The smallest absolute Gasteiger partial charge is 0.191 e. The maximum absolute atomic E-state index is 13.0. The van der Waals surface area contributed by atoms with E-state index >= 15 is 0 Å². The number of aliphatic imine (C=N–C) groups is 1. The lowest BCUT2D eigenvalue weighted by atomic mass is 10.2. The Labute approximate surface area is 131 Å².